The zero-order chi connectivity index (χ0) is 13.5. The molecule has 1 heterocycles. The van der Waals surface area contributed by atoms with Crippen LogP contribution in [0.25, 0.3) is 0 Å². The summed E-state index contributed by atoms with van der Waals surface area (Å²) in [4.78, 5) is 16.0. The molecule has 1 aromatic carbocycles. The first-order valence-electron chi connectivity index (χ1n) is 6.76. The lowest BCUT2D eigenvalue weighted by molar-refractivity contribution is -0.118. The van der Waals surface area contributed by atoms with Crippen molar-refractivity contribution in [3.63, 3.8) is 0 Å². The van der Waals surface area contributed by atoms with E-state index in [1.807, 2.05) is 18.3 Å². The number of ketones is 1. The fraction of sp³-hybridized carbons (Fsp3) is 0.294. The van der Waals surface area contributed by atoms with Crippen LogP contribution >= 0.6 is 0 Å². The molecule has 98 valence electrons. The molecule has 2 heteroatoms. The number of nitrogens with zero attached hydrogens (tertiary/aromatic N) is 1. The van der Waals surface area contributed by atoms with Gasteiger partial charge in [-0.3, -0.25) is 9.78 Å². The van der Waals surface area contributed by atoms with Gasteiger partial charge in [-0.2, -0.15) is 0 Å². The van der Waals surface area contributed by atoms with Crippen molar-refractivity contribution in [1.29, 1.82) is 0 Å². The van der Waals surface area contributed by atoms with Crippen molar-refractivity contribution < 1.29 is 4.79 Å². The molecule has 0 aliphatic heterocycles. The second-order valence-corrected chi connectivity index (χ2v) is 4.75. The first-order valence-corrected chi connectivity index (χ1v) is 6.76. The third kappa shape index (κ3) is 4.32. The maximum atomic E-state index is 11.9. The largest absolute Gasteiger partial charge is 0.299 e. The molecular formula is C17H19NO. The number of aromatic nitrogens is 1. The molecule has 2 nitrogen and oxygen atoms in total. The summed E-state index contributed by atoms with van der Waals surface area (Å²) in [5.41, 5.74) is 3.54. The molecule has 0 saturated carbocycles. The Kier molecular flexibility index (Phi) is 4.85. The van der Waals surface area contributed by atoms with Crippen molar-refractivity contribution in [2.75, 3.05) is 0 Å². The zero-order valence-corrected chi connectivity index (χ0v) is 11.3. The molecule has 0 aliphatic carbocycles. The molecule has 2 rings (SSSR count). The van der Waals surface area contributed by atoms with Crippen LogP contribution in [0.5, 0.6) is 0 Å². The van der Waals surface area contributed by atoms with Crippen LogP contribution in [0.4, 0.5) is 0 Å². The normalized spacial score (nSPS) is 10.4. The van der Waals surface area contributed by atoms with Gasteiger partial charge in [-0.15, -0.1) is 0 Å². The Bertz CT molecular complexity index is 517. The second-order valence-electron chi connectivity index (χ2n) is 4.75. The molecule has 0 N–H and O–H groups in total. The average Bonchev–Trinajstić information content (AvgIpc) is 2.47. The number of aryl methyl sites for hydroxylation is 2. The maximum Gasteiger partial charge on any atom is 0.137 e. The molecule has 0 fully saturated rings. The van der Waals surface area contributed by atoms with Crippen LogP contribution in [-0.2, 0) is 24.1 Å². The molecular weight excluding hydrogens is 234 g/mol. The fourth-order valence-electron chi connectivity index (χ4n) is 2.04. The molecule has 0 aliphatic rings. The zero-order valence-electron chi connectivity index (χ0n) is 11.3. The number of benzene rings is 1. The minimum Gasteiger partial charge on any atom is -0.299 e. The van der Waals surface area contributed by atoms with Gasteiger partial charge in [0.1, 0.15) is 5.78 Å². The first kappa shape index (κ1) is 13.5. The monoisotopic (exact) mass is 253 g/mol. The lowest BCUT2D eigenvalue weighted by Crippen LogP contribution is -2.04. The van der Waals surface area contributed by atoms with E-state index in [9.17, 15) is 4.79 Å². The molecule has 0 amide bonds. The number of carbonyl (C=O) groups excluding carboxylic acids is 1. The quantitative estimate of drug-likeness (QED) is 0.790. The van der Waals surface area contributed by atoms with E-state index >= 15 is 0 Å². The van der Waals surface area contributed by atoms with E-state index in [4.69, 9.17) is 0 Å². The highest BCUT2D eigenvalue weighted by Gasteiger charge is 2.04. The summed E-state index contributed by atoms with van der Waals surface area (Å²) in [6.07, 6.45) is 6.50. The third-order valence-corrected chi connectivity index (χ3v) is 3.25. The van der Waals surface area contributed by atoms with Gasteiger partial charge in [0, 0.05) is 25.2 Å². The SMILES string of the molecule is CCc1ccc(CC(=O)CCc2cccnc2)cc1. The predicted molar refractivity (Wildman–Crippen MR) is 77.1 cm³/mol. The van der Waals surface area contributed by atoms with E-state index in [-0.39, 0.29) is 5.78 Å². The third-order valence-electron chi connectivity index (χ3n) is 3.25. The number of Topliss-reactive ketones (excluding diaryl/α,β-unsaturated/α-hetero) is 1. The van der Waals surface area contributed by atoms with Crippen LogP contribution in [0.2, 0.25) is 0 Å². The molecule has 2 aromatic rings. The van der Waals surface area contributed by atoms with Crippen molar-refractivity contribution in [3.8, 4) is 0 Å². The summed E-state index contributed by atoms with van der Waals surface area (Å²) in [5, 5.41) is 0. The lowest BCUT2D eigenvalue weighted by atomic mass is 10.0. The van der Waals surface area contributed by atoms with Crippen LogP contribution in [-0.4, -0.2) is 10.8 Å². The Morgan fingerprint density at radius 1 is 1.05 bits per heavy atom. The van der Waals surface area contributed by atoms with Gasteiger partial charge in [0.2, 0.25) is 0 Å². The standard InChI is InChI=1S/C17H19NO/c1-2-14-5-7-15(8-6-14)12-17(19)10-9-16-4-3-11-18-13-16/h3-8,11,13H,2,9-10,12H2,1H3. The van der Waals surface area contributed by atoms with Gasteiger partial charge in [-0.05, 0) is 35.6 Å². The average molecular weight is 253 g/mol. The van der Waals surface area contributed by atoms with Crippen molar-refractivity contribution >= 4 is 5.78 Å². The number of hydrogen-bond donors (Lipinski definition) is 0. The predicted octanol–water partition coefficient (Wildman–Crippen LogP) is 3.39. The highest BCUT2D eigenvalue weighted by Crippen LogP contribution is 2.08. The maximum absolute atomic E-state index is 11.9. The first-order chi connectivity index (χ1) is 9.28. The van der Waals surface area contributed by atoms with E-state index in [0.717, 1.165) is 24.0 Å². The lowest BCUT2D eigenvalue weighted by Gasteiger charge is -2.03. The van der Waals surface area contributed by atoms with Crippen LogP contribution in [0.15, 0.2) is 48.8 Å². The Morgan fingerprint density at radius 3 is 2.42 bits per heavy atom. The smallest absolute Gasteiger partial charge is 0.137 e. The Hall–Kier alpha value is -1.96. The molecule has 19 heavy (non-hydrogen) atoms. The Balaban J connectivity index is 1.83. The number of carbonyl (C=O) groups is 1. The second kappa shape index (κ2) is 6.83. The van der Waals surface area contributed by atoms with Crippen LogP contribution in [0.1, 0.15) is 30.0 Å². The summed E-state index contributed by atoms with van der Waals surface area (Å²) in [6, 6.07) is 12.2. The van der Waals surface area contributed by atoms with Gasteiger partial charge in [-0.25, -0.2) is 0 Å². The van der Waals surface area contributed by atoms with E-state index < -0.39 is 0 Å². The van der Waals surface area contributed by atoms with E-state index in [1.165, 1.54) is 5.56 Å². The molecule has 0 atom stereocenters. The molecule has 0 saturated heterocycles. The van der Waals surface area contributed by atoms with Gasteiger partial charge in [0.25, 0.3) is 0 Å². The number of pyridine rings is 1. The molecule has 0 bridgehead atoms. The van der Waals surface area contributed by atoms with Crippen molar-refractivity contribution in [2.24, 2.45) is 0 Å². The van der Waals surface area contributed by atoms with Gasteiger partial charge >= 0.3 is 0 Å². The Morgan fingerprint density at radius 2 is 1.79 bits per heavy atom. The topological polar surface area (TPSA) is 30.0 Å². The highest BCUT2D eigenvalue weighted by atomic mass is 16.1. The molecule has 0 spiro atoms. The van der Waals surface area contributed by atoms with E-state index in [0.29, 0.717) is 12.8 Å². The van der Waals surface area contributed by atoms with Crippen LogP contribution in [0.3, 0.4) is 0 Å². The summed E-state index contributed by atoms with van der Waals surface area (Å²) in [5.74, 6) is 0.285. The van der Waals surface area contributed by atoms with Crippen LogP contribution in [0, 0.1) is 0 Å². The molecule has 0 radical (unpaired) electrons. The van der Waals surface area contributed by atoms with Crippen molar-refractivity contribution in [3.05, 3.63) is 65.5 Å². The van der Waals surface area contributed by atoms with E-state index in [2.05, 4.69) is 36.2 Å². The highest BCUT2D eigenvalue weighted by molar-refractivity contribution is 5.81. The van der Waals surface area contributed by atoms with Gasteiger partial charge in [0.05, 0.1) is 0 Å². The summed E-state index contributed by atoms with van der Waals surface area (Å²) >= 11 is 0. The molecule has 0 unspecified atom stereocenters. The number of hydrogen-bond acceptors (Lipinski definition) is 2. The van der Waals surface area contributed by atoms with Crippen molar-refractivity contribution in [2.45, 2.75) is 32.6 Å². The van der Waals surface area contributed by atoms with Gasteiger partial charge in [0.15, 0.2) is 0 Å². The summed E-state index contributed by atoms with van der Waals surface area (Å²) < 4.78 is 0. The Labute approximate surface area is 114 Å². The number of rotatable bonds is 6. The minimum atomic E-state index is 0.285. The minimum absolute atomic E-state index is 0.285. The summed E-state index contributed by atoms with van der Waals surface area (Å²) in [6.45, 7) is 2.13. The van der Waals surface area contributed by atoms with Crippen molar-refractivity contribution in [1.82, 2.24) is 4.98 Å². The van der Waals surface area contributed by atoms with Crippen LogP contribution < -0.4 is 0 Å². The molecule has 1 aromatic heterocycles. The summed E-state index contributed by atoms with van der Waals surface area (Å²) in [7, 11) is 0. The van der Waals surface area contributed by atoms with Gasteiger partial charge < -0.3 is 0 Å². The van der Waals surface area contributed by atoms with E-state index in [1.54, 1.807) is 6.20 Å². The van der Waals surface area contributed by atoms with Gasteiger partial charge in [-0.1, -0.05) is 37.3 Å². The fourth-order valence-corrected chi connectivity index (χ4v) is 2.04.